The van der Waals surface area contributed by atoms with E-state index in [9.17, 15) is 9.18 Å². The summed E-state index contributed by atoms with van der Waals surface area (Å²) in [5, 5.41) is 1.56. The van der Waals surface area contributed by atoms with Crippen molar-refractivity contribution in [2.24, 2.45) is 0 Å². The molecule has 0 unspecified atom stereocenters. The first-order chi connectivity index (χ1) is 17.5. The van der Waals surface area contributed by atoms with E-state index in [-0.39, 0.29) is 29.4 Å². The first-order valence-corrected chi connectivity index (χ1v) is 12.4. The smallest absolute Gasteiger partial charge is 0.491 e. The second-order valence-corrected chi connectivity index (χ2v) is 9.87. The van der Waals surface area contributed by atoms with Crippen LogP contribution in [-0.2, 0) is 14.3 Å². The summed E-state index contributed by atoms with van der Waals surface area (Å²) in [5.74, 6) is 0.331. The highest BCUT2D eigenvalue weighted by Crippen LogP contribution is 2.31. The van der Waals surface area contributed by atoms with Gasteiger partial charge in [-0.2, -0.15) is 0 Å². The molecule has 2 aromatic rings. The van der Waals surface area contributed by atoms with Crippen LogP contribution in [-0.4, -0.2) is 65.3 Å². The van der Waals surface area contributed by atoms with Crippen LogP contribution in [0.15, 0.2) is 24.5 Å². The van der Waals surface area contributed by atoms with Crippen LogP contribution in [0.2, 0.25) is 0 Å². The van der Waals surface area contributed by atoms with Gasteiger partial charge in [0, 0.05) is 32.0 Å². The number of halogens is 1. The highest BCUT2D eigenvalue weighted by atomic mass is 19.1. The molecule has 10 nitrogen and oxygen atoms in total. The summed E-state index contributed by atoms with van der Waals surface area (Å²) in [5.41, 5.74) is 0.278. The Hall–Kier alpha value is -3.18. The van der Waals surface area contributed by atoms with Gasteiger partial charge in [-0.05, 0) is 53.7 Å². The van der Waals surface area contributed by atoms with E-state index in [0.717, 1.165) is 0 Å². The highest BCUT2D eigenvalue weighted by Gasteiger charge is 2.25. The van der Waals surface area contributed by atoms with Crippen molar-refractivity contribution >= 4 is 6.16 Å². The van der Waals surface area contributed by atoms with E-state index in [0.29, 0.717) is 56.3 Å². The Morgan fingerprint density at radius 1 is 1.14 bits per heavy atom. The van der Waals surface area contributed by atoms with E-state index in [1.807, 2.05) is 20.8 Å². The Morgan fingerprint density at radius 3 is 2.49 bits per heavy atom. The Kier molecular flexibility index (Phi) is 9.87. The molecule has 37 heavy (non-hydrogen) atoms. The van der Waals surface area contributed by atoms with E-state index >= 15 is 0 Å². The third kappa shape index (κ3) is 9.32. The standard InChI is InChI=1S/C26H36FN3O7/c1-17(2)34-25(31)37-30-11-9-19(10-12-30)35-23-18(3)24(29-16-28-23)36-22-8-7-20(15-21(22)27)32-13-14-33-26(4,5)6/h7-8,15-17,19H,9-14H2,1-6H3. The normalized spacial score (nSPS) is 14.9. The number of benzene rings is 1. The van der Waals surface area contributed by atoms with Crippen LogP contribution >= 0.6 is 0 Å². The van der Waals surface area contributed by atoms with Gasteiger partial charge in [0.1, 0.15) is 24.8 Å². The molecule has 2 heterocycles. The fourth-order valence-corrected chi connectivity index (χ4v) is 3.42. The Balaban J connectivity index is 1.53. The van der Waals surface area contributed by atoms with Crippen LogP contribution < -0.4 is 14.2 Å². The molecule has 0 amide bonds. The van der Waals surface area contributed by atoms with E-state index in [2.05, 4.69) is 9.97 Å². The number of aromatic nitrogens is 2. The number of ether oxygens (including phenoxy) is 5. The first-order valence-electron chi connectivity index (χ1n) is 12.4. The van der Waals surface area contributed by atoms with E-state index in [1.54, 1.807) is 31.9 Å². The van der Waals surface area contributed by atoms with Gasteiger partial charge in [0.25, 0.3) is 0 Å². The number of hydrogen-bond donors (Lipinski definition) is 0. The number of hydrogen-bond acceptors (Lipinski definition) is 10. The predicted octanol–water partition coefficient (Wildman–Crippen LogP) is 5.23. The summed E-state index contributed by atoms with van der Waals surface area (Å²) in [6.45, 7) is 12.8. The van der Waals surface area contributed by atoms with Crippen LogP contribution in [0.1, 0.15) is 53.0 Å². The minimum atomic E-state index is -0.718. The minimum Gasteiger partial charge on any atom is -0.491 e. The average Bonchev–Trinajstić information content (AvgIpc) is 2.81. The van der Waals surface area contributed by atoms with Gasteiger partial charge in [0.05, 0.1) is 23.9 Å². The molecule has 0 N–H and O–H groups in total. The minimum absolute atomic E-state index is 0.00443. The lowest BCUT2D eigenvalue weighted by Gasteiger charge is -2.30. The molecule has 0 bridgehead atoms. The lowest BCUT2D eigenvalue weighted by atomic mass is 10.1. The largest absolute Gasteiger partial charge is 0.528 e. The van der Waals surface area contributed by atoms with Crippen LogP contribution in [0.3, 0.4) is 0 Å². The van der Waals surface area contributed by atoms with Crippen molar-refractivity contribution in [3.8, 4) is 23.3 Å². The number of rotatable bonds is 10. The summed E-state index contributed by atoms with van der Waals surface area (Å²) in [6, 6.07) is 4.36. The van der Waals surface area contributed by atoms with Gasteiger partial charge in [0.15, 0.2) is 11.6 Å². The molecule has 0 radical (unpaired) electrons. The highest BCUT2D eigenvalue weighted by molar-refractivity contribution is 5.59. The van der Waals surface area contributed by atoms with Gasteiger partial charge in [-0.15, -0.1) is 5.06 Å². The molecular weight excluding hydrogens is 485 g/mol. The fourth-order valence-electron chi connectivity index (χ4n) is 3.42. The van der Waals surface area contributed by atoms with Crippen molar-refractivity contribution < 1.29 is 37.7 Å². The summed E-state index contributed by atoms with van der Waals surface area (Å²) >= 11 is 0. The molecule has 1 fully saturated rings. The lowest BCUT2D eigenvalue weighted by molar-refractivity contribution is -0.151. The van der Waals surface area contributed by atoms with Gasteiger partial charge in [-0.1, -0.05) is 0 Å². The molecule has 204 valence electrons. The van der Waals surface area contributed by atoms with Gasteiger partial charge < -0.3 is 28.5 Å². The van der Waals surface area contributed by atoms with Crippen molar-refractivity contribution in [3.63, 3.8) is 0 Å². The second-order valence-electron chi connectivity index (χ2n) is 9.87. The van der Waals surface area contributed by atoms with Crippen molar-refractivity contribution in [2.45, 2.75) is 72.2 Å². The Bertz CT molecular complexity index is 1040. The van der Waals surface area contributed by atoms with Crippen molar-refractivity contribution in [2.75, 3.05) is 26.3 Å². The average molecular weight is 522 g/mol. The third-order valence-corrected chi connectivity index (χ3v) is 5.20. The monoisotopic (exact) mass is 521 g/mol. The molecule has 0 atom stereocenters. The molecule has 0 saturated carbocycles. The van der Waals surface area contributed by atoms with Crippen molar-refractivity contribution in [1.82, 2.24) is 15.0 Å². The van der Waals surface area contributed by atoms with Gasteiger partial charge in [-0.3, -0.25) is 0 Å². The van der Waals surface area contributed by atoms with Gasteiger partial charge in [-0.25, -0.2) is 19.2 Å². The Labute approximate surface area is 216 Å². The maximum Gasteiger partial charge on any atom is 0.528 e. The van der Waals surface area contributed by atoms with Crippen LogP contribution in [0.4, 0.5) is 9.18 Å². The molecule has 3 rings (SSSR count). The van der Waals surface area contributed by atoms with Gasteiger partial charge >= 0.3 is 6.16 Å². The van der Waals surface area contributed by atoms with Crippen LogP contribution in [0.25, 0.3) is 0 Å². The summed E-state index contributed by atoms with van der Waals surface area (Å²) in [4.78, 5) is 25.2. The zero-order valence-corrected chi connectivity index (χ0v) is 22.3. The molecule has 1 aromatic carbocycles. The van der Waals surface area contributed by atoms with Crippen molar-refractivity contribution in [1.29, 1.82) is 0 Å². The molecule has 1 aliphatic heterocycles. The van der Waals surface area contributed by atoms with Gasteiger partial charge in [0.2, 0.25) is 11.8 Å². The molecule has 0 spiro atoms. The van der Waals surface area contributed by atoms with E-state index in [1.165, 1.54) is 18.5 Å². The van der Waals surface area contributed by atoms with Crippen LogP contribution in [0, 0.1) is 12.7 Å². The third-order valence-electron chi connectivity index (χ3n) is 5.20. The summed E-state index contributed by atoms with van der Waals surface area (Å²) in [7, 11) is 0. The summed E-state index contributed by atoms with van der Waals surface area (Å²) < 4.78 is 42.6. The maximum atomic E-state index is 14.7. The molecular formula is C26H36FN3O7. The number of carbonyl (C=O) groups excluding carboxylic acids is 1. The predicted molar refractivity (Wildman–Crippen MR) is 132 cm³/mol. The second kappa shape index (κ2) is 12.9. The fraction of sp³-hybridized carbons (Fsp3) is 0.577. The maximum absolute atomic E-state index is 14.7. The van der Waals surface area contributed by atoms with Crippen LogP contribution in [0.5, 0.6) is 23.3 Å². The number of piperidine rings is 1. The SMILES string of the molecule is Cc1c(Oc2ccc(OCCOC(C)(C)C)cc2F)ncnc1OC1CCN(OC(=O)OC(C)C)CC1. The quantitative estimate of drug-likeness (QED) is 0.305. The lowest BCUT2D eigenvalue weighted by Crippen LogP contribution is -2.40. The Morgan fingerprint density at radius 2 is 1.84 bits per heavy atom. The molecule has 0 aliphatic carbocycles. The summed E-state index contributed by atoms with van der Waals surface area (Å²) in [6.07, 6.45) is 1.44. The number of nitrogens with zero attached hydrogens (tertiary/aromatic N) is 3. The number of hydroxylamine groups is 2. The molecule has 1 saturated heterocycles. The molecule has 1 aromatic heterocycles. The molecule has 1 aliphatic rings. The molecule has 11 heteroatoms. The first kappa shape index (κ1) is 28.4. The number of carbonyl (C=O) groups is 1. The zero-order valence-electron chi connectivity index (χ0n) is 22.3. The van der Waals surface area contributed by atoms with E-state index < -0.39 is 12.0 Å². The topological polar surface area (TPSA) is 101 Å². The van der Waals surface area contributed by atoms with Crippen molar-refractivity contribution in [3.05, 3.63) is 35.9 Å². The zero-order chi connectivity index (χ0) is 27.0. The van der Waals surface area contributed by atoms with E-state index in [4.69, 9.17) is 28.5 Å².